The predicted molar refractivity (Wildman–Crippen MR) is 115 cm³/mol. The molecular weight excluding hydrogens is 366 g/mol. The number of aryl methyl sites for hydroxylation is 2. The van der Waals surface area contributed by atoms with Crippen LogP contribution in [0.1, 0.15) is 17.5 Å². The van der Waals surface area contributed by atoms with Gasteiger partial charge in [0, 0.05) is 50.5 Å². The average molecular weight is 396 g/mol. The molecule has 0 radical (unpaired) electrons. The molecule has 6 nitrogen and oxygen atoms in total. The van der Waals surface area contributed by atoms with Crippen LogP contribution in [0.5, 0.6) is 5.75 Å². The Morgan fingerprint density at radius 3 is 2.69 bits per heavy atom. The van der Waals surface area contributed by atoms with Gasteiger partial charge >= 0.3 is 0 Å². The van der Waals surface area contributed by atoms with Crippen LogP contribution in [0.4, 0.5) is 11.4 Å². The number of amides is 1. The number of β-amino-alcohol motifs (C(OH)–C–C–N with tert-alkyl or cyclic N) is 1. The highest BCUT2D eigenvalue weighted by atomic mass is 16.5. The number of carbonyl (C=O) groups excluding carboxylic acids is 1. The minimum absolute atomic E-state index is 0.0594. The molecule has 2 aliphatic rings. The Kier molecular flexibility index (Phi) is 6.02. The van der Waals surface area contributed by atoms with Crippen LogP contribution >= 0.6 is 0 Å². The number of anilines is 2. The van der Waals surface area contributed by atoms with Gasteiger partial charge in [-0.3, -0.25) is 9.69 Å². The van der Waals surface area contributed by atoms with Gasteiger partial charge in [0.2, 0.25) is 5.91 Å². The number of aliphatic hydroxyl groups is 1. The zero-order valence-corrected chi connectivity index (χ0v) is 16.9. The van der Waals surface area contributed by atoms with Crippen LogP contribution in [0.25, 0.3) is 0 Å². The SMILES string of the molecule is Cc1ccccc1N1CCN(C[C@H](O)COc2ccc3c(c2)CCC(=O)N3)CC1. The maximum atomic E-state index is 11.4. The van der Waals surface area contributed by atoms with Crippen LogP contribution in [-0.4, -0.2) is 61.3 Å². The van der Waals surface area contributed by atoms with Crippen molar-refractivity contribution in [2.24, 2.45) is 0 Å². The standard InChI is InChI=1S/C23H29N3O3/c1-17-4-2-3-5-22(17)26-12-10-25(11-13-26)15-19(27)16-29-20-7-8-21-18(14-20)6-9-23(28)24-21/h2-5,7-8,14,19,27H,6,9-13,15-16H2,1H3,(H,24,28)/t19-/m0/s1. The van der Waals surface area contributed by atoms with Crippen molar-refractivity contribution in [1.82, 2.24) is 4.90 Å². The van der Waals surface area contributed by atoms with Gasteiger partial charge in [-0.05, 0) is 48.7 Å². The Bertz CT molecular complexity index is 862. The summed E-state index contributed by atoms with van der Waals surface area (Å²) >= 11 is 0. The summed E-state index contributed by atoms with van der Waals surface area (Å²) in [6.45, 7) is 6.83. The van der Waals surface area contributed by atoms with Crippen molar-refractivity contribution >= 4 is 17.3 Å². The lowest BCUT2D eigenvalue weighted by Crippen LogP contribution is -2.49. The first kappa shape index (κ1) is 19.7. The summed E-state index contributed by atoms with van der Waals surface area (Å²) in [5.41, 5.74) is 4.56. The van der Waals surface area contributed by atoms with Gasteiger partial charge in [-0.15, -0.1) is 0 Å². The van der Waals surface area contributed by atoms with Crippen molar-refractivity contribution in [3.8, 4) is 5.75 Å². The predicted octanol–water partition coefficient (Wildman–Crippen LogP) is 2.44. The molecule has 2 aromatic carbocycles. The molecule has 2 heterocycles. The van der Waals surface area contributed by atoms with E-state index in [0.717, 1.165) is 49.6 Å². The molecule has 2 aliphatic heterocycles. The molecule has 0 saturated carbocycles. The van der Waals surface area contributed by atoms with Crippen LogP contribution in [-0.2, 0) is 11.2 Å². The fourth-order valence-electron chi connectivity index (χ4n) is 4.08. The summed E-state index contributed by atoms with van der Waals surface area (Å²) < 4.78 is 5.81. The molecule has 4 rings (SSSR count). The second kappa shape index (κ2) is 8.84. The highest BCUT2D eigenvalue weighted by Crippen LogP contribution is 2.27. The maximum Gasteiger partial charge on any atom is 0.224 e. The van der Waals surface area contributed by atoms with E-state index in [-0.39, 0.29) is 12.5 Å². The molecule has 29 heavy (non-hydrogen) atoms. The molecule has 0 spiro atoms. The number of nitrogens with one attached hydrogen (secondary N) is 1. The molecule has 2 N–H and O–H groups in total. The molecule has 1 saturated heterocycles. The lowest BCUT2D eigenvalue weighted by Gasteiger charge is -2.37. The third-order valence-corrected chi connectivity index (χ3v) is 5.71. The monoisotopic (exact) mass is 395 g/mol. The number of rotatable bonds is 6. The second-order valence-corrected chi connectivity index (χ2v) is 7.91. The number of hydrogen-bond acceptors (Lipinski definition) is 5. The van der Waals surface area contributed by atoms with E-state index in [0.29, 0.717) is 13.0 Å². The van der Waals surface area contributed by atoms with Gasteiger partial charge in [-0.2, -0.15) is 0 Å². The van der Waals surface area contributed by atoms with Gasteiger partial charge in [0.1, 0.15) is 18.5 Å². The number of carbonyl (C=O) groups is 1. The van der Waals surface area contributed by atoms with Crippen molar-refractivity contribution in [2.75, 3.05) is 49.5 Å². The van der Waals surface area contributed by atoms with Gasteiger partial charge in [-0.25, -0.2) is 0 Å². The van der Waals surface area contributed by atoms with Crippen LogP contribution in [0.15, 0.2) is 42.5 Å². The highest BCUT2D eigenvalue weighted by molar-refractivity contribution is 5.94. The van der Waals surface area contributed by atoms with E-state index in [2.05, 4.69) is 46.3 Å². The minimum atomic E-state index is -0.532. The van der Waals surface area contributed by atoms with E-state index in [1.165, 1.54) is 11.3 Å². The summed E-state index contributed by atoms with van der Waals surface area (Å²) in [6.07, 6.45) is 0.704. The molecule has 0 aliphatic carbocycles. The van der Waals surface area contributed by atoms with Gasteiger partial charge in [-0.1, -0.05) is 18.2 Å². The summed E-state index contributed by atoms with van der Waals surface area (Å²) in [4.78, 5) is 16.2. The van der Waals surface area contributed by atoms with Crippen LogP contribution in [0.3, 0.4) is 0 Å². The van der Waals surface area contributed by atoms with E-state index >= 15 is 0 Å². The lowest BCUT2D eigenvalue weighted by molar-refractivity contribution is -0.116. The van der Waals surface area contributed by atoms with E-state index in [1.807, 2.05) is 18.2 Å². The summed E-state index contributed by atoms with van der Waals surface area (Å²) in [6, 6.07) is 14.2. The maximum absolute atomic E-state index is 11.4. The fourth-order valence-corrected chi connectivity index (χ4v) is 4.08. The summed E-state index contributed by atoms with van der Waals surface area (Å²) in [5.74, 6) is 0.799. The third-order valence-electron chi connectivity index (χ3n) is 5.71. The molecular formula is C23H29N3O3. The third kappa shape index (κ3) is 4.89. The molecule has 6 heteroatoms. The Labute approximate surface area is 172 Å². The topological polar surface area (TPSA) is 65.0 Å². The van der Waals surface area contributed by atoms with E-state index in [9.17, 15) is 9.90 Å². The Morgan fingerprint density at radius 2 is 1.90 bits per heavy atom. The molecule has 0 unspecified atom stereocenters. The summed E-state index contributed by atoms with van der Waals surface area (Å²) in [7, 11) is 0. The molecule has 1 atom stereocenters. The molecule has 154 valence electrons. The molecule has 1 amide bonds. The Morgan fingerprint density at radius 1 is 1.10 bits per heavy atom. The van der Waals surface area contributed by atoms with Crippen LogP contribution in [0.2, 0.25) is 0 Å². The molecule has 0 aromatic heterocycles. The quantitative estimate of drug-likeness (QED) is 0.787. The van der Waals surface area contributed by atoms with Crippen molar-refractivity contribution in [1.29, 1.82) is 0 Å². The summed E-state index contributed by atoms with van der Waals surface area (Å²) in [5, 5.41) is 13.3. The highest BCUT2D eigenvalue weighted by Gasteiger charge is 2.21. The number of aliphatic hydroxyl groups excluding tert-OH is 1. The van der Waals surface area contributed by atoms with Crippen molar-refractivity contribution < 1.29 is 14.6 Å². The molecule has 0 bridgehead atoms. The second-order valence-electron chi connectivity index (χ2n) is 7.91. The number of fused-ring (bicyclic) bond motifs is 1. The minimum Gasteiger partial charge on any atom is -0.491 e. The lowest BCUT2D eigenvalue weighted by atomic mass is 10.0. The van der Waals surface area contributed by atoms with Crippen LogP contribution < -0.4 is 15.0 Å². The fraction of sp³-hybridized carbons (Fsp3) is 0.435. The van der Waals surface area contributed by atoms with Gasteiger partial charge in [0.15, 0.2) is 0 Å². The largest absolute Gasteiger partial charge is 0.491 e. The zero-order chi connectivity index (χ0) is 20.2. The van der Waals surface area contributed by atoms with Gasteiger partial charge in [0.05, 0.1) is 0 Å². The number of para-hydroxylation sites is 1. The van der Waals surface area contributed by atoms with Crippen molar-refractivity contribution in [3.63, 3.8) is 0 Å². The van der Waals surface area contributed by atoms with E-state index in [1.54, 1.807) is 0 Å². The number of ether oxygens (including phenoxy) is 1. The Balaban J connectivity index is 1.23. The first-order valence-electron chi connectivity index (χ1n) is 10.3. The zero-order valence-electron chi connectivity index (χ0n) is 16.9. The van der Waals surface area contributed by atoms with Gasteiger partial charge in [0.25, 0.3) is 0 Å². The molecule has 2 aromatic rings. The van der Waals surface area contributed by atoms with E-state index < -0.39 is 6.10 Å². The van der Waals surface area contributed by atoms with Gasteiger partial charge < -0.3 is 20.1 Å². The van der Waals surface area contributed by atoms with E-state index in [4.69, 9.17) is 4.74 Å². The Hall–Kier alpha value is -2.57. The van der Waals surface area contributed by atoms with Crippen molar-refractivity contribution in [2.45, 2.75) is 25.9 Å². The normalized spacial score (nSPS) is 18.1. The first-order valence-corrected chi connectivity index (χ1v) is 10.3. The number of hydrogen-bond donors (Lipinski definition) is 2. The molecule has 1 fully saturated rings. The number of benzene rings is 2. The number of piperazine rings is 1. The van der Waals surface area contributed by atoms with Crippen LogP contribution in [0, 0.1) is 6.92 Å². The smallest absolute Gasteiger partial charge is 0.224 e. The first-order chi connectivity index (χ1) is 14.1. The number of nitrogens with zero attached hydrogens (tertiary/aromatic N) is 2. The van der Waals surface area contributed by atoms with Crippen molar-refractivity contribution in [3.05, 3.63) is 53.6 Å². The average Bonchev–Trinajstić information content (AvgIpc) is 2.73.